The van der Waals surface area contributed by atoms with Crippen LogP contribution in [0.25, 0.3) is 22.2 Å². The van der Waals surface area contributed by atoms with Gasteiger partial charge in [0.1, 0.15) is 0 Å². The van der Waals surface area contributed by atoms with Crippen LogP contribution in [0.5, 0.6) is 0 Å². The number of amides is 1. The lowest BCUT2D eigenvalue weighted by atomic mass is 10.1. The summed E-state index contributed by atoms with van der Waals surface area (Å²) in [5.74, 6) is 0.338. The third-order valence-corrected chi connectivity index (χ3v) is 5.30. The molecule has 140 valence electrons. The molecule has 0 aliphatic carbocycles. The van der Waals surface area contributed by atoms with Crippen LogP contribution >= 0.6 is 11.8 Å². The molecular formula is C22H19N3O2S. The van der Waals surface area contributed by atoms with Crippen LogP contribution in [0, 0.1) is 6.92 Å². The standard InChI is InChI=1S/C22H19N3O2S/c1-14-7-5-10-17(13-14)21-24-25-22(27-21)28-15(2)20(26)23-19-12-6-9-16-8-3-4-11-18(16)19/h3-13,15H,1-2H3,(H,23,26)/t15-/m0/s1. The van der Waals surface area contributed by atoms with Crippen molar-refractivity contribution in [3.63, 3.8) is 0 Å². The van der Waals surface area contributed by atoms with E-state index >= 15 is 0 Å². The van der Waals surface area contributed by atoms with Gasteiger partial charge in [0.05, 0.1) is 5.25 Å². The number of rotatable bonds is 5. The van der Waals surface area contributed by atoms with Crippen LogP contribution in [-0.4, -0.2) is 21.4 Å². The van der Waals surface area contributed by atoms with Crippen molar-refractivity contribution in [3.05, 3.63) is 72.3 Å². The molecule has 5 nitrogen and oxygen atoms in total. The van der Waals surface area contributed by atoms with Crippen molar-refractivity contribution in [1.82, 2.24) is 10.2 Å². The van der Waals surface area contributed by atoms with Crippen molar-refractivity contribution in [3.8, 4) is 11.5 Å². The minimum atomic E-state index is -0.384. The average molecular weight is 389 g/mol. The molecule has 6 heteroatoms. The van der Waals surface area contributed by atoms with Crippen LogP contribution < -0.4 is 5.32 Å². The van der Waals surface area contributed by atoms with E-state index in [4.69, 9.17) is 4.42 Å². The number of thioether (sulfide) groups is 1. The average Bonchev–Trinajstić information content (AvgIpc) is 3.17. The molecule has 0 unspecified atom stereocenters. The highest BCUT2D eigenvalue weighted by Crippen LogP contribution is 2.28. The van der Waals surface area contributed by atoms with Crippen LogP contribution in [-0.2, 0) is 4.79 Å². The molecular weight excluding hydrogens is 370 g/mol. The molecule has 0 radical (unpaired) electrons. The van der Waals surface area contributed by atoms with E-state index in [1.54, 1.807) is 0 Å². The number of aryl methyl sites for hydroxylation is 1. The first-order valence-electron chi connectivity index (χ1n) is 8.96. The summed E-state index contributed by atoms with van der Waals surface area (Å²) in [6, 6.07) is 21.7. The lowest BCUT2D eigenvalue weighted by Crippen LogP contribution is -2.22. The lowest BCUT2D eigenvalue weighted by molar-refractivity contribution is -0.115. The fraction of sp³-hybridized carbons (Fsp3) is 0.136. The summed E-state index contributed by atoms with van der Waals surface area (Å²) in [4.78, 5) is 12.7. The Morgan fingerprint density at radius 1 is 1.04 bits per heavy atom. The molecule has 0 fully saturated rings. The summed E-state index contributed by atoms with van der Waals surface area (Å²) in [6.07, 6.45) is 0. The van der Waals surface area contributed by atoms with E-state index in [1.165, 1.54) is 11.8 Å². The Labute approximate surface area is 167 Å². The number of nitrogens with one attached hydrogen (secondary N) is 1. The van der Waals surface area contributed by atoms with E-state index in [1.807, 2.05) is 80.6 Å². The van der Waals surface area contributed by atoms with Gasteiger partial charge in [-0.3, -0.25) is 4.79 Å². The Kier molecular flexibility index (Phi) is 5.12. The van der Waals surface area contributed by atoms with E-state index in [-0.39, 0.29) is 11.2 Å². The fourth-order valence-corrected chi connectivity index (χ4v) is 3.61. The van der Waals surface area contributed by atoms with Gasteiger partial charge in [0.25, 0.3) is 5.22 Å². The molecule has 1 N–H and O–H groups in total. The maximum Gasteiger partial charge on any atom is 0.277 e. The van der Waals surface area contributed by atoms with E-state index in [0.29, 0.717) is 11.1 Å². The van der Waals surface area contributed by atoms with Crippen LogP contribution in [0.3, 0.4) is 0 Å². The molecule has 1 aromatic heterocycles. The minimum Gasteiger partial charge on any atom is -0.411 e. The first-order valence-corrected chi connectivity index (χ1v) is 9.84. The van der Waals surface area contributed by atoms with Gasteiger partial charge >= 0.3 is 0 Å². The van der Waals surface area contributed by atoms with Gasteiger partial charge in [-0.05, 0) is 37.4 Å². The molecule has 0 aliphatic heterocycles. The van der Waals surface area contributed by atoms with Crippen molar-refractivity contribution in [2.24, 2.45) is 0 Å². The zero-order valence-electron chi connectivity index (χ0n) is 15.5. The highest BCUT2D eigenvalue weighted by atomic mass is 32.2. The van der Waals surface area contributed by atoms with Gasteiger partial charge < -0.3 is 9.73 Å². The van der Waals surface area contributed by atoms with Gasteiger partial charge in [-0.25, -0.2) is 0 Å². The van der Waals surface area contributed by atoms with Crippen LogP contribution in [0.15, 0.2) is 76.4 Å². The summed E-state index contributed by atoms with van der Waals surface area (Å²) >= 11 is 1.24. The van der Waals surface area contributed by atoms with E-state index in [0.717, 1.165) is 27.6 Å². The Hall–Kier alpha value is -3.12. The highest BCUT2D eigenvalue weighted by Gasteiger charge is 2.19. The quantitative estimate of drug-likeness (QED) is 0.468. The topological polar surface area (TPSA) is 68.0 Å². The minimum absolute atomic E-state index is 0.114. The highest BCUT2D eigenvalue weighted by molar-refractivity contribution is 8.00. The number of anilines is 1. The molecule has 0 spiro atoms. The van der Waals surface area contributed by atoms with Crippen molar-refractivity contribution < 1.29 is 9.21 Å². The first-order chi connectivity index (χ1) is 13.6. The Bertz CT molecular complexity index is 1130. The molecule has 28 heavy (non-hydrogen) atoms. The van der Waals surface area contributed by atoms with Crippen molar-refractivity contribution in [2.45, 2.75) is 24.3 Å². The number of hydrogen-bond donors (Lipinski definition) is 1. The monoisotopic (exact) mass is 389 g/mol. The smallest absolute Gasteiger partial charge is 0.277 e. The van der Waals surface area contributed by atoms with E-state index < -0.39 is 0 Å². The third kappa shape index (κ3) is 3.92. The van der Waals surface area contributed by atoms with E-state index in [9.17, 15) is 4.79 Å². The molecule has 0 aliphatic rings. The number of nitrogens with zero attached hydrogens (tertiary/aromatic N) is 2. The Morgan fingerprint density at radius 2 is 1.82 bits per heavy atom. The SMILES string of the molecule is Cc1cccc(-c2nnc(S[C@@H](C)C(=O)Nc3cccc4ccccc34)o2)c1. The molecule has 1 heterocycles. The number of hydrogen-bond acceptors (Lipinski definition) is 5. The predicted octanol–water partition coefficient (Wildman–Crippen LogP) is 5.32. The Morgan fingerprint density at radius 3 is 2.68 bits per heavy atom. The molecule has 3 aromatic carbocycles. The second-order valence-corrected chi connectivity index (χ2v) is 7.81. The van der Waals surface area contributed by atoms with Gasteiger partial charge in [0.15, 0.2) is 0 Å². The van der Waals surface area contributed by atoms with Crippen LogP contribution in [0.2, 0.25) is 0 Å². The van der Waals surface area contributed by atoms with Gasteiger partial charge in [0, 0.05) is 16.6 Å². The second-order valence-electron chi connectivity index (χ2n) is 6.52. The van der Waals surface area contributed by atoms with Gasteiger partial charge in [0.2, 0.25) is 11.8 Å². The molecule has 0 saturated carbocycles. The molecule has 0 bridgehead atoms. The summed E-state index contributed by atoms with van der Waals surface area (Å²) in [5.41, 5.74) is 2.78. The number of carbonyl (C=O) groups excluding carboxylic acids is 1. The summed E-state index contributed by atoms with van der Waals surface area (Å²) in [5, 5.41) is 13.2. The Balaban J connectivity index is 1.46. The number of carbonyl (C=O) groups is 1. The molecule has 0 saturated heterocycles. The zero-order chi connectivity index (χ0) is 19.5. The maximum absolute atomic E-state index is 12.7. The second kappa shape index (κ2) is 7.86. The number of aromatic nitrogens is 2. The van der Waals surface area contributed by atoms with Gasteiger partial charge in [-0.2, -0.15) is 0 Å². The summed E-state index contributed by atoms with van der Waals surface area (Å²) in [7, 11) is 0. The predicted molar refractivity (Wildman–Crippen MR) is 112 cm³/mol. The molecule has 4 rings (SSSR count). The van der Waals surface area contributed by atoms with Crippen molar-refractivity contribution in [1.29, 1.82) is 0 Å². The van der Waals surface area contributed by atoms with Crippen LogP contribution in [0.1, 0.15) is 12.5 Å². The molecule has 1 amide bonds. The van der Waals surface area contributed by atoms with Gasteiger partial charge in [-0.1, -0.05) is 65.9 Å². The number of benzene rings is 3. The van der Waals surface area contributed by atoms with Crippen molar-refractivity contribution >= 4 is 34.1 Å². The zero-order valence-corrected chi connectivity index (χ0v) is 16.4. The molecule has 1 atom stereocenters. The summed E-state index contributed by atoms with van der Waals surface area (Å²) < 4.78 is 5.73. The third-order valence-electron chi connectivity index (χ3n) is 4.37. The van der Waals surface area contributed by atoms with E-state index in [2.05, 4.69) is 15.5 Å². The molecule has 4 aromatic rings. The lowest BCUT2D eigenvalue weighted by Gasteiger charge is -2.12. The normalized spacial score (nSPS) is 12.1. The van der Waals surface area contributed by atoms with Crippen molar-refractivity contribution in [2.75, 3.05) is 5.32 Å². The summed E-state index contributed by atoms with van der Waals surface area (Å²) in [6.45, 7) is 3.83. The maximum atomic E-state index is 12.7. The van der Waals surface area contributed by atoms with Gasteiger partial charge in [-0.15, -0.1) is 10.2 Å². The number of fused-ring (bicyclic) bond motifs is 1. The van der Waals surface area contributed by atoms with Crippen LogP contribution in [0.4, 0.5) is 5.69 Å². The first kappa shape index (κ1) is 18.3. The fourth-order valence-electron chi connectivity index (χ4n) is 2.93. The largest absolute Gasteiger partial charge is 0.411 e.